The number of benzene rings is 1. The van der Waals surface area contributed by atoms with E-state index in [4.69, 9.17) is 11.6 Å². The summed E-state index contributed by atoms with van der Waals surface area (Å²) in [6, 6.07) is 7.55. The molecule has 98 valence electrons. The van der Waals surface area contributed by atoms with Gasteiger partial charge in [0.25, 0.3) is 11.2 Å². The Morgan fingerprint density at radius 3 is 2.53 bits per heavy atom. The number of aromatic nitrogens is 2. The van der Waals surface area contributed by atoms with Crippen LogP contribution in [0.4, 0.5) is 5.69 Å². The van der Waals surface area contributed by atoms with E-state index in [2.05, 4.69) is 5.10 Å². The van der Waals surface area contributed by atoms with Crippen LogP contribution < -0.4 is 5.56 Å². The van der Waals surface area contributed by atoms with Crippen molar-refractivity contribution in [3.8, 4) is 11.3 Å². The number of halogens is 1. The molecule has 0 amide bonds. The van der Waals surface area contributed by atoms with E-state index in [1.54, 1.807) is 18.2 Å². The summed E-state index contributed by atoms with van der Waals surface area (Å²) in [6.07, 6.45) is 0. The number of nitro benzene ring substituents is 1. The van der Waals surface area contributed by atoms with Gasteiger partial charge in [0.05, 0.1) is 16.5 Å². The maximum Gasteiger partial charge on any atom is 0.270 e. The molecule has 0 fully saturated rings. The van der Waals surface area contributed by atoms with Gasteiger partial charge in [-0.1, -0.05) is 0 Å². The molecular formula is C12H10ClN3O3. The average molecular weight is 280 g/mol. The SMILES string of the molecule is Cn1nc(-c2ccc([N+](=O)[O-])cc2)cc(CCl)c1=O. The number of hydrogen-bond donors (Lipinski definition) is 0. The third-order valence-corrected chi connectivity index (χ3v) is 2.94. The smallest absolute Gasteiger partial charge is 0.267 e. The van der Waals surface area contributed by atoms with Gasteiger partial charge in [-0.15, -0.1) is 11.6 Å². The molecule has 0 radical (unpaired) electrons. The van der Waals surface area contributed by atoms with Gasteiger partial charge >= 0.3 is 0 Å². The lowest BCUT2D eigenvalue weighted by atomic mass is 10.1. The second-order valence-electron chi connectivity index (χ2n) is 3.92. The Kier molecular flexibility index (Phi) is 3.62. The van der Waals surface area contributed by atoms with Crippen molar-refractivity contribution in [2.75, 3.05) is 0 Å². The molecule has 1 heterocycles. The van der Waals surface area contributed by atoms with Gasteiger partial charge in [0.15, 0.2) is 0 Å². The summed E-state index contributed by atoms with van der Waals surface area (Å²) in [6.45, 7) is 0. The Morgan fingerprint density at radius 1 is 1.37 bits per heavy atom. The molecule has 7 heteroatoms. The van der Waals surface area contributed by atoms with Crippen molar-refractivity contribution in [2.24, 2.45) is 7.05 Å². The first kappa shape index (κ1) is 13.2. The minimum absolute atomic E-state index is 0.00568. The van der Waals surface area contributed by atoms with Gasteiger partial charge in [0.2, 0.25) is 0 Å². The van der Waals surface area contributed by atoms with Crippen LogP contribution in [0.1, 0.15) is 5.56 Å². The maximum atomic E-state index is 11.7. The zero-order valence-electron chi connectivity index (χ0n) is 10.0. The summed E-state index contributed by atoms with van der Waals surface area (Å²) in [5.74, 6) is 0.0924. The lowest BCUT2D eigenvalue weighted by Gasteiger charge is -2.05. The van der Waals surface area contributed by atoms with Gasteiger partial charge < -0.3 is 0 Å². The molecule has 0 aliphatic rings. The molecule has 0 unspecified atom stereocenters. The average Bonchev–Trinajstić information content (AvgIpc) is 2.41. The zero-order valence-corrected chi connectivity index (χ0v) is 10.8. The predicted molar refractivity (Wildman–Crippen MR) is 71.1 cm³/mol. The number of nitro groups is 1. The largest absolute Gasteiger partial charge is 0.270 e. The van der Waals surface area contributed by atoms with E-state index in [0.717, 1.165) is 0 Å². The highest BCUT2D eigenvalue weighted by Gasteiger charge is 2.09. The first-order valence-electron chi connectivity index (χ1n) is 5.41. The van der Waals surface area contributed by atoms with Gasteiger partial charge in [-0.25, -0.2) is 4.68 Å². The van der Waals surface area contributed by atoms with E-state index in [-0.39, 0.29) is 17.1 Å². The Bertz CT molecular complexity index is 680. The first-order valence-corrected chi connectivity index (χ1v) is 5.94. The van der Waals surface area contributed by atoms with Gasteiger partial charge in [0, 0.05) is 30.3 Å². The lowest BCUT2D eigenvalue weighted by molar-refractivity contribution is -0.384. The highest BCUT2D eigenvalue weighted by Crippen LogP contribution is 2.20. The number of alkyl halides is 1. The van der Waals surface area contributed by atoms with E-state index >= 15 is 0 Å². The fourth-order valence-corrected chi connectivity index (χ4v) is 1.85. The monoisotopic (exact) mass is 279 g/mol. The topological polar surface area (TPSA) is 78.0 Å². The number of hydrogen-bond acceptors (Lipinski definition) is 4. The van der Waals surface area contributed by atoms with Crippen molar-refractivity contribution in [3.05, 3.63) is 56.4 Å². The molecule has 0 bridgehead atoms. The second kappa shape index (κ2) is 5.19. The molecule has 2 rings (SSSR count). The van der Waals surface area contributed by atoms with Crippen LogP contribution >= 0.6 is 11.6 Å². The minimum Gasteiger partial charge on any atom is -0.267 e. The maximum absolute atomic E-state index is 11.7. The predicted octanol–water partition coefficient (Wildman–Crippen LogP) is 2.09. The van der Waals surface area contributed by atoms with Crippen LogP contribution in [0.2, 0.25) is 0 Å². The fourth-order valence-electron chi connectivity index (χ4n) is 1.66. The third-order valence-electron chi connectivity index (χ3n) is 2.66. The molecule has 0 N–H and O–H groups in total. The quantitative estimate of drug-likeness (QED) is 0.490. The molecule has 0 saturated heterocycles. The van der Waals surface area contributed by atoms with E-state index in [0.29, 0.717) is 16.8 Å². The number of aryl methyl sites for hydroxylation is 1. The molecule has 1 aromatic heterocycles. The van der Waals surface area contributed by atoms with E-state index in [9.17, 15) is 14.9 Å². The summed E-state index contributed by atoms with van der Waals surface area (Å²) < 4.78 is 1.20. The third kappa shape index (κ3) is 2.63. The highest BCUT2D eigenvalue weighted by atomic mass is 35.5. The number of non-ortho nitro benzene ring substituents is 1. The van der Waals surface area contributed by atoms with Crippen molar-refractivity contribution < 1.29 is 4.92 Å². The number of rotatable bonds is 3. The Hall–Kier alpha value is -2.21. The van der Waals surface area contributed by atoms with Crippen LogP contribution in [-0.2, 0) is 12.9 Å². The van der Waals surface area contributed by atoms with Crippen LogP contribution in [0.3, 0.4) is 0 Å². The molecule has 0 atom stereocenters. The molecular weight excluding hydrogens is 270 g/mol. The van der Waals surface area contributed by atoms with Crippen molar-refractivity contribution in [1.29, 1.82) is 0 Å². The summed E-state index contributed by atoms with van der Waals surface area (Å²) in [7, 11) is 1.53. The van der Waals surface area contributed by atoms with E-state index < -0.39 is 4.92 Å². The first-order chi connectivity index (χ1) is 9.02. The van der Waals surface area contributed by atoms with Crippen LogP contribution in [0, 0.1) is 10.1 Å². The lowest BCUT2D eigenvalue weighted by Crippen LogP contribution is -2.23. The highest BCUT2D eigenvalue weighted by molar-refractivity contribution is 6.17. The van der Waals surface area contributed by atoms with Gasteiger partial charge in [-0.05, 0) is 18.2 Å². The van der Waals surface area contributed by atoms with Crippen molar-refractivity contribution >= 4 is 17.3 Å². The Morgan fingerprint density at radius 2 is 2.00 bits per heavy atom. The second-order valence-corrected chi connectivity index (χ2v) is 4.19. The standard InChI is InChI=1S/C12H10ClN3O3/c1-15-12(17)9(7-13)6-11(14-15)8-2-4-10(5-3-8)16(18)19/h2-6H,7H2,1H3. The van der Waals surface area contributed by atoms with Crippen molar-refractivity contribution in [2.45, 2.75) is 5.88 Å². The van der Waals surface area contributed by atoms with E-state index in [1.807, 2.05) is 0 Å². The van der Waals surface area contributed by atoms with E-state index in [1.165, 1.54) is 23.9 Å². The molecule has 2 aromatic rings. The summed E-state index contributed by atoms with van der Waals surface area (Å²) in [5, 5.41) is 14.7. The Balaban J connectivity index is 2.50. The van der Waals surface area contributed by atoms with Gasteiger partial charge in [-0.3, -0.25) is 14.9 Å². The molecule has 19 heavy (non-hydrogen) atoms. The molecule has 6 nitrogen and oxygen atoms in total. The Labute approximate surface area is 113 Å². The fraction of sp³-hybridized carbons (Fsp3) is 0.167. The molecule has 1 aromatic carbocycles. The molecule has 0 aliphatic heterocycles. The van der Waals surface area contributed by atoms with Crippen LogP contribution in [0.5, 0.6) is 0 Å². The molecule has 0 saturated carbocycles. The molecule has 0 spiro atoms. The molecule has 0 aliphatic carbocycles. The van der Waals surface area contributed by atoms with Crippen LogP contribution in [-0.4, -0.2) is 14.7 Å². The van der Waals surface area contributed by atoms with Crippen LogP contribution in [0.15, 0.2) is 35.1 Å². The summed E-state index contributed by atoms with van der Waals surface area (Å²) in [4.78, 5) is 21.8. The van der Waals surface area contributed by atoms with Gasteiger partial charge in [-0.2, -0.15) is 5.10 Å². The normalized spacial score (nSPS) is 10.4. The van der Waals surface area contributed by atoms with Crippen LogP contribution in [0.25, 0.3) is 11.3 Å². The van der Waals surface area contributed by atoms with Crippen molar-refractivity contribution in [3.63, 3.8) is 0 Å². The number of nitrogens with zero attached hydrogens (tertiary/aromatic N) is 3. The summed E-state index contributed by atoms with van der Waals surface area (Å²) in [5.41, 5.74) is 1.43. The zero-order chi connectivity index (χ0) is 14.0. The summed E-state index contributed by atoms with van der Waals surface area (Å²) >= 11 is 5.70. The van der Waals surface area contributed by atoms with Crippen molar-refractivity contribution in [1.82, 2.24) is 9.78 Å². The minimum atomic E-state index is -0.470. The van der Waals surface area contributed by atoms with Gasteiger partial charge in [0.1, 0.15) is 0 Å².